The fraction of sp³-hybridized carbons (Fsp3) is 0.500. The zero-order chi connectivity index (χ0) is 19.1. The van der Waals surface area contributed by atoms with Crippen LogP contribution in [0.1, 0.15) is 50.6 Å². The molecule has 0 aromatic heterocycles. The van der Waals surface area contributed by atoms with Gasteiger partial charge in [0, 0.05) is 11.1 Å². The van der Waals surface area contributed by atoms with Gasteiger partial charge >= 0.3 is 12.0 Å². The van der Waals surface area contributed by atoms with Crippen LogP contribution in [0.5, 0.6) is 0 Å². The number of halogens is 1. The van der Waals surface area contributed by atoms with Gasteiger partial charge < -0.3 is 21.1 Å². The van der Waals surface area contributed by atoms with Crippen LogP contribution in [0.15, 0.2) is 24.3 Å². The van der Waals surface area contributed by atoms with E-state index in [1.807, 2.05) is 0 Å². The summed E-state index contributed by atoms with van der Waals surface area (Å²) in [5, 5.41) is 5.92. The lowest BCUT2D eigenvalue weighted by Crippen LogP contribution is -2.41. The standard InChI is InChI=1S/C18H24ClN3O4/c1-11(17(24)21-14-4-2-3-5-14)26-16(23)10-15(22-18(20)25)12-6-8-13(19)9-7-12/h6-9,11,14-15H,2-5,10H2,1H3,(H,21,24)(H3,20,22,25)/t11-,15-/m1/s1. The van der Waals surface area contributed by atoms with Crippen molar-refractivity contribution in [2.24, 2.45) is 5.73 Å². The van der Waals surface area contributed by atoms with E-state index in [2.05, 4.69) is 10.6 Å². The van der Waals surface area contributed by atoms with Gasteiger partial charge in [-0.25, -0.2) is 4.79 Å². The lowest BCUT2D eigenvalue weighted by molar-refractivity contribution is -0.155. The summed E-state index contributed by atoms with van der Waals surface area (Å²) in [5.41, 5.74) is 5.85. The van der Waals surface area contributed by atoms with Gasteiger partial charge in [0.1, 0.15) is 0 Å². The highest BCUT2D eigenvalue weighted by Gasteiger charge is 2.25. The van der Waals surface area contributed by atoms with E-state index in [0.717, 1.165) is 25.7 Å². The zero-order valence-electron chi connectivity index (χ0n) is 14.7. The Kier molecular flexibility index (Phi) is 7.26. The van der Waals surface area contributed by atoms with Crippen LogP contribution in [0.3, 0.4) is 0 Å². The molecule has 0 bridgehead atoms. The molecule has 1 aliphatic carbocycles. The summed E-state index contributed by atoms with van der Waals surface area (Å²) in [5.74, 6) is -0.913. The van der Waals surface area contributed by atoms with Crippen molar-refractivity contribution in [2.45, 2.75) is 57.2 Å². The molecule has 1 aliphatic rings. The number of carbonyl (C=O) groups is 3. The summed E-state index contributed by atoms with van der Waals surface area (Å²) in [7, 11) is 0. The molecule has 0 radical (unpaired) electrons. The molecule has 1 aromatic carbocycles. The van der Waals surface area contributed by atoms with Gasteiger partial charge in [-0.1, -0.05) is 36.6 Å². The van der Waals surface area contributed by atoms with Crippen molar-refractivity contribution in [3.8, 4) is 0 Å². The van der Waals surface area contributed by atoms with Crippen molar-refractivity contribution in [3.63, 3.8) is 0 Å². The van der Waals surface area contributed by atoms with Gasteiger partial charge in [0.2, 0.25) is 0 Å². The molecule has 0 spiro atoms. The van der Waals surface area contributed by atoms with E-state index >= 15 is 0 Å². The number of hydrogen-bond donors (Lipinski definition) is 3. The Morgan fingerprint density at radius 3 is 2.42 bits per heavy atom. The molecule has 0 unspecified atom stereocenters. The van der Waals surface area contributed by atoms with E-state index in [0.29, 0.717) is 10.6 Å². The molecule has 2 rings (SSSR count). The number of benzene rings is 1. The number of nitrogens with two attached hydrogens (primary N) is 1. The molecule has 0 saturated heterocycles. The van der Waals surface area contributed by atoms with Gasteiger partial charge in [0.15, 0.2) is 6.10 Å². The zero-order valence-corrected chi connectivity index (χ0v) is 15.4. The number of primary amides is 1. The first-order chi connectivity index (χ1) is 12.3. The molecule has 0 heterocycles. The van der Waals surface area contributed by atoms with E-state index in [1.54, 1.807) is 24.3 Å². The van der Waals surface area contributed by atoms with E-state index < -0.39 is 24.1 Å². The van der Waals surface area contributed by atoms with Crippen molar-refractivity contribution in [1.29, 1.82) is 0 Å². The van der Waals surface area contributed by atoms with Crippen LogP contribution in [0, 0.1) is 0 Å². The summed E-state index contributed by atoms with van der Waals surface area (Å²) >= 11 is 5.85. The number of urea groups is 1. The Hall–Kier alpha value is -2.28. The van der Waals surface area contributed by atoms with Crippen LogP contribution in [0.25, 0.3) is 0 Å². The second-order valence-electron chi connectivity index (χ2n) is 6.44. The van der Waals surface area contributed by atoms with Crippen molar-refractivity contribution < 1.29 is 19.1 Å². The quantitative estimate of drug-likeness (QED) is 0.630. The number of hydrogen-bond acceptors (Lipinski definition) is 4. The number of amides is 3. The van der Waals surface area contributed by atoms with Crippen LogP contribution in [-0.2, 0) is 14.3 Å². The highest BCUT2D eigenvalue weighted by atomic mass is 35.5. The fourth-order valence-corrected chi connectivity index (χ4v) is 3.10. The molecule has 4 N–H and O–H groups in total. The third-order valence-corrected chi connectivity index (χ3v) is 4.59. The first-order valence-corrected chi connectivity index (χ1v) is 9.04. The topological polar surface area (TPSA) is 111 Å². The van der Waals surface area contributed by atoms with Crippen molar-refractivity contribution in [3.05, 3.63) is 34.9 Å². The lowest BCUT2D eigenvalue weighted by Gasteiger charge is -2.20. The minimum Gasteiger partial charge on any atom is -0.452 e. The summed E-state index contributed by atoms with van der Waals surface area (Å²) in [6.45, 7) is 1.53. The van der Waals surface area contributed by atoms with Crippen LogP contribution in [0.4, 0.5) is 4.79 Å². The monoisotopic (exact) mass is 381 g/mol. The molecule has 1 aromatic rings. The average Bonchev–Trinajstić information content (AvgIpc) is 3.07. The van der Waals surface area contributed by atoms with Gasteiger partial charge in [-0.2, -0.15) is 0 Å². The van der Waals surface area contributed by atoms with Gasteiger partial charge in [0.25, 0.3) is 5.91 Å². The van der Waals surface area contributed by atoms with Gasteiger partial charge in [-0.15, -0.1) is 0 Å². The van der Waals surface area contributed by atoms with E-state index in [4.69, 9.17) is 22.1 Å². The number of ether oxygens (including phenoxy) is 1. The predicted molar refractivity (Wildman–Crippen MR) is 97.5 cm³/mol. The SMILES string of the molecule is C[C@@H](OC(=O)C[C@@H](NC(N)=O)c1ccc(Cl)cc1)C(=O)NC1CCCC1. The van der Waals surface area contributed by atoms with Crippen molar-refractivity contribution in [2.75, 3.05) is 0 Å². The molecular formula is C18H24ClN3O4. The van der Waals surface area contributed by atoms with Crippen LogP contribution in [-0.4, -0.2) is 30.1 Å². The van der Waals surface area contributed by atoms with Crippen LogP contribution < -0.4 is 16.4 Å². The Balaban J connectivity index is 1.91. The molecule has 142 valence electrons. The third kappa shape index (κ3) is 6.22. The minimum atomic E-state index is -0.900. The highest BCUT2D eigenvalue weighted by molar-refractivity contribution is 6.30. The minimum absolute atomic E-state index is 0.147. The molecule has 3 amide bonds. The third-order valence-electron chi connectivity index (χ3n) is 4.34. The number of nitrogens with one attached hydrogen (secondary N) is 2. The molecule has 1 saturated carbocycles. The highest BCUT2D eigenvalue weighted by Crippen LogP contribution is 2.21. The molecule has 26 heavy (non-hydrogen) atoms. The molecule has 8 heteroatoms. The number of carbonyl (C=O) groups excluding carboxylic acids is 3. The summed E-state index contributed by atoms with van der Waals surface area (Å²) in [6.07, 6.45) is 3.05. The molecule has 7 nitrogen and oxygen atoms in total. The normalized spacial score (nSPS) is 16.5. The smallest absolute Gasteiger partial charge is 0.312 e. The Bertz CT molecular complexity index is 644. The van der Waals surface area contributed by atoms with Crippen molar-refractivity contribution >= 4 is 29.5 Å². The Morgan fingerprint density at radius 1 is 1.23 bits per heavy atom. The van der Waals surface area contributed by atoms with Crippen molar-refractivity contribution in [1.82, 2.24) is 10.6 Å². The maximum Gasteiger partial charge on any atom is 0.312 e. The summed E-state index contributed by atoms with van der Waals surface area (Å²) in [6, 6.07) is 5.40. The number of esters is 1. The maximum absolute atomic E-state index is 12.2. The fourth-order valence-electron chi connectivity index (χ4n) is 2.97. The van der Waals surface area contributed by atoms with E-state index in [9.17, 15) is 14.4 Å². The molecule has 0 aliphatic heterocycles. The first-order valence-electron chi connectivity index (χ1n) is 8.66. The summed E-state index contributed by atoms with van der Waals surface area (Å²) < 4.78 is 5.21. The lowest BCUT2D eigenvalue weighted by atomic mass is 10.0. The van der Waals surface area contributed by atoms with Crippen LogP contribution >= 0.6 is 11.6 Å². The van der Waals surface area contributed by atoms with Crippen LogP contribution in [0.2, 0.25) is 5.02 Å². The first kappa shape index (κ1) is 20.0. The molecule has 1 fully saturated rings. The van der Waals surface area contributed by atoms with Gasteiger partial charge in [-0.3, -0.25) is 9.59 Å². The second kappa shape index (κ2) is 9.43. The van der Waals surface area contributed by atoms with E-state index in [-0.39, 0.29) is 18.4 Å². The van der Waals surface area contributed by atoms with E-state index in [1.165, 1.54) is 6.92 Å². The molecule has 2 atom stereocenters. The Morgan fingerprint density at radius 2 is 1.85 bits per heavy atom. The Labute approximate surface area is 157 Å². The average molecular weight is 382 g/mol. The molecular weight excluding hydrogens is 358 g/mol. The largest absolute Gasteiger partial charge is 0.452 e. The van der Waals surface area contributed by atoms with Gasteiger partial charge in [0.05, 0.1) is 12.5 Å². The summed E-state index contributed by atoms with van der Waals surface area (Å²) in [4.78, 5) is 35.5. The predicted octanol–water partition coefficient (Wildman–Crippen LogP) is 2.43. The van der Waals surface area contributed by atoms with Gasteiger partial charge in [-0.05, 0) is 37.5 Å². The number of rotatable bonds is 7. The second-order valence-corrected chi connectivity index (χ2v) is 6.88. The maximum atomic E-state index is 12.2.